The highest BCUT2D eigenvalue weighted by molar-refractivity contribution is 5.84. The molecule has 1 saturated heterocycles. The lowest BCUT2D eigenvalue weighted by Crippen LogP contribution is -2.46. The number of nitrogens with zero attached hydrogens (tertiary/aromatic N) is 2. The zero-order valence-corrected chi connectivity index (χ0v) is 16.3. The maximum Gasteiger partial charge on any atom is 0.336 e. The van der Waals surface area contributed by atoms with Crippen molar-refractivity contribution in [2.24, 2.45) is 5.92 Å². The minimum absolute atomic E-state index is 0.110. The van der Waals surface area contributed by atoms with Crippen LogP contribution >= 0.6 is 0 Å². The molecular formula is C23H24N2O3. The van der Waals surface area contributed by atoms with Crippen molar-refractivity contribution < 1.29 is 4.42 Å². The first kappa shape index (κ1) is 17.4. The Morgan fingerprint density at radius 2 is 1.93 bits per heavy atom. The van der Waals surface area contributed by atoms with Crippen molar-refractivity contribution >= 4 is 11.0 Å². The van der Waals surface area contributed by atoms with Gasteiger partial charge in [0.2, 0.25) is 0 Å². The van der Waals surface area contributed by atoms with Crippen LogP contribution < -0.4 is 11.2 Å². The zero-order chi connectivity index (χ0) is 19.4. The van der Waals surface area contributed by atoms with E-state index in [4.69, 9.17) is 4.42 Å². The Morgan fingerprint density at radius 3 is 2.79 bits per heavy atom. The minimum Gasteiger partial charge on any atom is -0.423 e. The van der Waals surface area contributed by atoms with E-state index >= 15 is 0 Å². The summed E-state index contributed by atoms with van der Waals surface area (Å²) < 4.78 is 7.43. The van der Waals surface area contributed by atoms with Crippen LogP contribution in [-0.2, 0) is 13.1 Å². The number of hydrogen-bond acceptors (Lipinski definition) is 4. The van der Waals surface area contributed by atoms with Gasteiger partial charge in [-0.3, -0.25) is 9.69 Å². The van der Waals surface area contributed by atoms with Crippen LogP contribution in [0.1, 0.15) is 34.7 Å². The van der Waals surface area contributed by atoms with Crippen molar-refractivity contribution in [3.8, 4) is 0 Å². The van der Waals surface area contributed by atoms with Crippen molar-refractivity contribution in [1.29, 1.82) is 0 Å². The molecule has 144 valence electrons. The van der Waals surface area contributed by atoms with Gasteiger partial charge in [-0.1, -0.05) is 12.1 Å². The molecule has 0 amide bonds. The summed E-state index contributed by atoms with van der Waals surface area (Å²) in [6.45, 7) is 7.47. The molecule has 0 radical (unpaired) electrons. The van der Waals surface area contributed by atoms with Crippen LogP contribution in [0.2, 0.25) is 0 Å². The van der Waals surface area contributed by atoms with E-state index in [1.165, 1.54) is 0 Å². The highest BCUT2D eigenvalue weighted by Crippen LogP contribution is 2.36. The van der Waals surface area contributed by atoms with Crippen LogP contribution in [0.4, 0.5) is 0 Å². The Balaban J connectivity index is 1.50. The lowest BCUT2D eigenvalue weighted by Gasteiger charge is -2.42. The molecule has 1 fully saturated rings. The van der Waals surface area contributed by atoms with Crippen LogP contribution in [0.5, 0.6) is 0 Å². The van der Waals surface area contributed by atoms with E-state index in [9.17, 15) is 9.59 Å². The fraction of sp³-hybridized carbons (Fsp3) is 0.391. The van der Waals surface area contributed by atoms with Gasteiger partial charge >= 0.3 is 5.63 Å². The quantitative estimate of drug-likeness (QED) is 0.645. The van der Waals surface area contributed by atoms with Crippen molar-refractivity contribution in [2.75, 3.05) is 13.1 Å². The van der Waals surface area contributed by atoms with E-state index in [2.05, 4.69) is 24.0 Å². The van der Waals surface area contributed by atoms with Gasteiger partial charge in [0.05, 0.1) is 0 Å². The Labute approximate surface area is 163 Å². The van der Waals surface area contributed by atoms with Crippen LogP contribution in [0.3, 0.4) is 0 Å². The lowest BCUT2D eigenvalue weighted by molar-refractivity contribution is 0.114. The number of aromatic nitrogens is 1. The Bertz CT molecular complexity index is 1190. The summed E-state index contributed by atoms with van der Waals surface area (Å²) in [4.78, 5) is 26.8. The molecule has 5 nitrogen and oxygen atoms in total. The molecule has 5 rings (SSSR count). The van der Waals surface area contributed by atoms with Crippen LogP contribution in [-0.4, -0.2) is 22.6 Å². The maximum absolute atomic E-state index is 12.2. The van der Waals surface area contributed by atoms with Gasteiger partial charge in [-0.2, -0.15) is 0 Å². The van der Waals surface area contributed by atoms with Gasteiger partial charge in [-0.15, -0.1) is 0 Å². The smallest absolute Gasteiger partial charge is 0.336 e. The second kappa shape index (κ2) is 6.45. The average Bonchev–Trinajstić information content (AvgIpc) is 2.61. The van der Waals surface area contributed by atoms with E-state index in [1.807, 2.05) is 23.6 Å². The topological polar surface area (TPSA) is 55.5 Å². The fourth-order valence-corrected chi connectivity index (χ4v) is 5.26. The molecule has 2 aliphatic heterocycles. The number of fused-ring (bicyclic) bond motifs is 5. The van der Waals surface area contributed by atoms with E-state index in [1.54, 1.807) is 12.1 Å². The molecule has 2 atom stereocenters. The number of benzene rings is 1. The number of piperidine rings is 1. The van der Waals surface area contributed by atoms with Crippen molar-refractivity contribution in [2.45, 2.75) is 39.3 Å². The predicted octanol–water partition coefficient (Wildman–Crippen LogP) is 3.19. The Kier molecular flexibility index (Phi) is 4.02. The van der Waals surface area contributed by atoms with Crippen molar-refractivity contribution in [3.63, 3.8) is 0 Å². The van der Waals surface area contributed by atoms with Gasteiger partial charge in [0.1, 0.15) is 5.58 Å². The van der Waals surface area contributed by atoms with Crippen molar-refractivity contribution in [1.82, 2.24) is 9.47 Å². The summed E-state index contributed by atoms with van der Waals surface area (Å²) in [5, 5.41) is 1.05. The van der Waals surface area contributed by atoms with Gasteiger partial charge in [0.15, 0.2) is 0 Å². The second-order valence-electron chi connectivity index (χ2n) is 8.44. The normalized spacial score (nSPS) is 21.6. The molecule has 2 aliphatic rings. The first-order chi connectivity index (χ1) is 13.5. The molecule has 0 unspecified atom stereocenters. The van der Waals surface area contributed by atoms with Gasteiger partial charge in [-0.05, 0) is 55.0 Å². The molecule has 4 heterocycles. The van der Waals surface area contributed by atoms with E-state index in [0.717, 1.165) is 60.4 Å². The number of pyridine rings is 1. The number of rotatable bonds is 2. The highest BCUT2D eigenvalue weighted by Gasteiger charge is 2.34. The first-order valence-corrected chi connectivity index (χ1v) is 9.94. The Hall–Kier alpha value is -2.66. The molecule has 0 N–H and O–H groups in total. The largest absolute Gasteiger partial charge is 0.423 e. The SMILES string of the molecule is Cc1cc(C)c2c(CN3C[C@@H]4C[C@@H](C3)c3cccc(=O)n3C4)cc(=O)oc2c1. The van der Waals surface area contributed by atoms with E-state index in [0.29, 0.717) is 17.4 Å². The zero-order valence-electron chi connectivity index (χ0n) is 16.3. The molecule has 0 spiro atoms. The van der Waals surface area contributed by atoms with Crippen LogP contribution in [0.15, 0.2) is 50.4 Å². The highest BCUT2D eigenvalue weighted by atomic mass is 16.4. The maximum atomic E-state index is 12.2. The molecule has 2 bridgehead atoms. The van der Waals surface area contributed by atoms with Crippen molar-refractivity contribution in [3.05, 3.63) is 79.6 Å². The summed E-state index contributed by atoms with van der Waals surface area (Å²) in [7, 11) is 0. The first-order valence-electron chi connectivity index (χ1n) is 9.94. The molecular weight excluding hydrogens is 352 g/mol. The summed E-state index contributed by atoms with van der Waals surface area (Å²) in [6.07, 6.45) is 1.13. The number of likely N-dealkylation sites (tertiary alicyclic amines) is 1. The average molecular weight is 376 g/mol. The number of hydrogen-bond donors (Lipinski definition) is 0. The summed E-state index contributed by atoms with van der Waals surface area (Å²) >= 11 is 0. The molecule has 3 aromatic rings. The van der Waals surface area contributed by atoms with Crippen LogP contribution in [0, 0.1) is 19.8 Å². The van der Waals surface area contributed by atoms with E-state index < -0.39 is 0 Å². The van der Waals surface area contributed by atoms with Gasteiger partial charge in [-0.25, -0.2) is 4.79 Å². The van der Waals surface area contributed by atoms with Gasteiger partial charge in [0, 0.05) is 55.3 Å². The Morgan fingerprint density at radius 1 is 1.07 bits per heavy atom. The molecule has 1 aromatic carbocycles. The third-order valence-corrected chi connectivity index (χ3v) is 6.22. The number of aryl methyl sites for hydroxylation is 2. The molecule has 28 heavy (non-hydrogen) atoms. The van der Waals surface area contributed by atoms with Gasteiger partial charge < -0.3 is 8.98 Å². The van der Waals surface area contributed by atoms with E-state index in [-0.39, 0.29) is 11.2 Å². The standard InChI is InChI=1S/C23H24N2O3/c1-14-6-15(2)23-18(9-22(27)28-20(23)7-14)13-24-10-16-8-17(12-24)19-4-3-5-21(26)25(19)11-16/h3-7,9,16-17H,8,10-13H2,1-2H3/t16-,17-/m0/s1. The minimum atomic E-state index is -0.290. The molecule has 5 heteroatoms. The lowest BCUT2D eigenvalue weighted by atomic mass is 9.83. The third kappa shape index (κ3) is 2.90. The van der Waals surface area contributed by atoms with Gasteiger partial charge in [0.25, 0.3) is 5.56 Å². The second-order valence-corrected chi connectivity index (χ2v) is 8.44. The fourth-order valence-electron chi connectivity index (χ4n) is 5.26. The predicted molar refractivity (Wildman–Crippen MR) is 109 cm³/mol. The molecule has 0 aliphatic carbocycles. The monoisotopic (exact) mass is 376 g/mol. The van der Waals surface area contributed by atoms with Crippen LogP contribution in [0.25, 0.3) is 11.0 Å². The summed E-state index contributed by atoms with van der Waals surface area (Å²) in [6, 6.07) is 11.3. The third-order valence-electron chi connectivity index (χ3n) is 6.22. The molecule has 0 saturated carbocycles. The molecule has 2 aromatic heterocycles. The summed E-state index contributed by atoms with van der Waals surface area (Å²) in [5.74, 6) is 0.845. The summed E-state index contributed by atoms with van der Waals surface area (Å²) in [5.41, 5.74) is 4.92.